The van der Waals surface area contributed by atoms with Crippen LogP contribution in [0.25, 0.3) is 0 Å². The Morgan fingerprint density at radius 3 is 3.00 bits per heavy atom. The molecule has 0 radical (unpaired) electrons. The van der Waals surface area contributed by atoms with Gasteiger partial charge in [0.2, 0.25) is 0 Å². The third-order valence-corrected chi connectivity index (χ3v) is 4.42. The summed E-state index contributed by atoms with van der Waals surface area (Å²) in [6, 6.07) is 1.99. The number of amides is 1. The highest BCUT2D eigenvalue weighted by Crippen LogP contribution is 2.41. The predicted octanol–water partition coefficient (Wildman–Crippen LogP) is 2.29. The molecule has 110 valence electrons. The number of carbonyl (C=O) groups excluding carboxylic acids is 1. The summed E-state index contributed by atoms with van der Waals surface area (Å²) in [4.78, 5) is 18.8. The number of piperidine rings is 1. The zero-order valence-corrected chi connectivity index (χ0v) is 11.8. The average Bonchev–Trinajstić information content (AvgIpc) is 3.05. The van der Waals surface area contributed by atoms with Gasteiger partial charge in [-0.2, -0.15) is 5.10 Å². The number of carbonyl (C=O) groups is 1. The summed E-state index contributed by atoms with van der Waals surface area (Å²) in [6.45, 7) is 1.51. The molecule has 0 aromatic carbocycles. The fourth-order valence-electron chi connectivity index (χ4n) is 3.11. The summed E-state index contributed by atoms with van der Waals surface area (Å²) >= 11 is 0. The number of hydrogen-bond donors (Lipinski definition) is 1. The molecule has 2 aliphatic rings. The molecule has 3 heterocycles. The lowest BCUT2D eigenvalue weighted by Crippen LogP contribution is -2.39. The van der Waals surface area contributed by atoms with Crippen molar-refractivity contribution in [2.45, 2.75) is 37.5 Å². The summed E-state index contributed by atoms with van der Waals surface area (Å²) in [5, 5.41) is 7.03. The monoisotopic (exact) mass is 286 g/mol. The summed E-state index contributed by atoms with van der Waals surface area (Å²) < 4.78 is 5.42. The van der Waals surface area contributed by atoms with Crippen LogP contribution in [-0.2, 0) is 0 Å². The molecular weight excluding hydrogens is 268 g/mol. The van der Waals surface area contributed by atoms with Crippen LogP contribution in [0, 0.1) is 0 Å². The van der Waals surface area contributed by atoms with Gasteiger partial charge in [-0.15, -0.1) is 0 Å². The number of H-pyrrole nitrogens is 1. The summed E-state index contributed by atoms with van der Waals surface area (Å²) in [5.41, 5.74) is 1.62. The second-order valence-corrected chi connectivity index (χ2v) is 5.94. The second-order valence-electron chi connectivity index (χ2n) is 5.94. The van der Waals surface area contributed by atoms with Crippen molar-refractivity contribution < 1.29 is 9.21 Å². The first-order valence-corrected chi connectivity index (χ1v) is 7.55. The van der Waals surface area contributed by atoms with Crippen LogP contribution in [0.15, 0.2) is 23.1 Å². The molecule has 1 aliphatic carbocycles. The van der Waals surface area contributed by atoms with Gasteiger partial charge in [0.05, 0.1) is 0 Å². The molecule has 1 amide bonds. The minimum Gasteiger partial charge on any atom is -0.447 e. The minimum absolute atomic E-state index is 0.00913. The zero-order valence-electron chi connectivity index (χ0n) is 11.8. The fourth-order valence-corrected chi connectivity index (χ4v) is 3.11. The van der Waals surface area contributed by atoms with Gasteiger partial charge >= 0.3 is 0 Å². The van der Waals surface area contributed by atoms with E-state index in [0.29, 0.717) is 17.5 Å². The van der Waals surface area contributed by atoms with E-state index >= 15 is 0 Å². The summed E-state index contributed by atoms with van der Waals surface area (Å²) in [7, 11) is 0. The van der Waals surface area contributed by atoms with Crippen molar-refractivity contribution in [3.63, 3.8) is 0 Å². The molecule has 4 rings (SSSR count). The van der Waals surface area contributed by atoms with Crippen LogP contribution >= 0.6 is 0 Å². The zero-order chi connectivity index (χ0) is 14.2. The number of nitrogens with zero attached hydrogens (tertiary/aromatic N) is 3. The van der Waals surface area contributed by atoms with Crippen molar-refractivity contribution in [1.82, 2.24) is 20.1 Å². The van der Waals surface area contributed by atoms with Crippen LogP contribution in [0.2, 0.25) is 0 Å². The molecule has 1 saturated heterocycles. The van der Waals surface area contributed by atoms with E-state index in [1.165, 1.54) is 6.39 Å². The Labute approximate surface area is 122 Å². The molecule has 21 heavy (non-hydrogen) atoms. The Morgan fingerprint density at radius 1 is 1.33 bits per heavy atom. The first kappa shape index (κ1) is 12.6. The van der Waals surface area contributed by atoms with Crippen LogP contribution < -0.4 is 0 Å². The van der Waals surface area contributed by atoms with Crippen LogP contribution in [-0.4, -0.2) is 39.1 Å². The highest BCUT2D eigenvalue weighted by molar-refractivity contribution is 5.93. The van der Waals surface area contributed by atoms with Crippen molar-refractivity contribution in [1.29, 1.82) is 0 Å². The van der Waals surface area contributed by atoms with Crippen LogP contribution in [0.3, 0.4) is 0 Å². The van der Waals surface area contributed by atoms with Gasteiger partial charge in [0.15, 0.2) is 12.1 Å². The maximum absolute atomic E-state index is 12.7. The van der Waals surface area contributed by atoms with Crippen LogP contribution in [0.4, 0.5) is 0 Å². The van der Waals surface area contributed by atoms with Gasteiger partial charge in [-0.3, -0.25) is 9.89 Å². The number of aromatic nitrogens is 3. The molecule has 2 aromatic rings. The van der Waals surface area contributed by atoms with Gasteiger partial charge in [-0.05, 0) is 31.7 Å². The molecule has 1 N–H and O–H groups in total. The lowest BCUT2D eigenvalue weighted by atomic mass is 9.94. The Morgan fingerprint density at radius 2 is 2.24 bits per heavy atom. The maximum atomic E-state index is 12.7. The topological polar surface area (TPSA) is 75.0 Å². The average molecular weight is 286 g/mol. The van der Waals surface area contributed by atoms with E-state index in [2.05, 4.69) is 15.2 Å². The normalized spacial score (nSPS) is 22.5. The van der Waals surface area contributed by atoms with E-state index < -0.39 is 0 Å². The number of rotatable bonds is 3. The van der Waals surface area contributed by atoms with Gasteiger partial charge in [0.1, 0.15) is 5.76 Å². The number of likely N-dealkylation sites (tertiary alicyclic amines) is 1. The largest absolute Gasteiger partial charge is 0.447 e. The third-order valence-electron chi connectivity index (χ3n) is 4.42. The fraction of sp³-hybridized carbons (Fsp3) is 0.533. The number of nitrogens with one attached hydrogen (secondary N) is 1. The van der Waals surface area contributed by atoms with Crippen LogP contribution in [0.5, 0.6) is 0 Å². The van der Waals surface area contributed by atoms with Crippen molar-refractivity contribution in [2.75, 3.05) is 13.1 Å². The van der Waals surface area contributed by atoms with Crippen molar-refractivity contribution in [3.05, 3.63) is 35.8 Å². The Hall–Kier alpha value is -2.11. The lowest BCUT2D eigenvalue weighted by Gasteiger charge is -2.31. The summed E-state index contributed by atoms with van der Waals surface area (Å²) in [5.74, 6) is 1.53. The molecular formula is C15H18N4O2. The van der Waals surface area contributed by atoms with E-state index in [4.69, 9.17) is 4.42 Å². The third kappa shape index (κ3) is 2.34. The van der Waals surface area contributed by atoms with Crippen molar-refractivity contribution in [3.8, 4) is 0 Å². The molecule has 1 aliphatic heterocycles. The molecule has 2 fully saturated rings. The van der Waals surface area contributed by atoms with E-state index in [1.54, 1.807) is 6.20 Å². The second kappa shape index (κ2) is 5.02. The Kier molecular flexibility index (Phi) is 3.02. The van der Waals surface area contributed by atoms with E-state index in [-0.39, 0.29) is 5.91 Å². The molecule has 1 unspecified atom stereocenters. The molecule has 6 nitrogen and oxygen atoms in total. The van der Waals surface area contributed by atoms with Gasteiger partial charge in [-0.25, -0.2) is 4.98 Å². The minimum atomic E-state index is 0.00913. The maximum Gasteiger partial charge on any atom is 0.276 e. The molecule has 0 spiro atoms. The van der Waals surface area contributed by atoms with Gasteiger partial charge in [0, 0.05) is 36.8 Å². The molecule has 2 aromatic heterocycles. The molecule has 1 saturated carbocycles. The number of oxazole rings is 1. The smallest absolute Gasteiger partial charge is 0.276 e. The van der Waals surface area contributed by atoms with Crippen molar-refractivity contribution >= 4 is 5.91 Å². The number of hydrogen-bond acceptors (Lipinski definition) is 4. The first-order valence-electron chi connectivity index (χ1n) is 7.55. The highest BCUT2D eigenvalue weighted by Gasteiger charge is 2.35. The Bertz CT molecular complexity index is 630. The SMILES string of the molecule is O=C(c1ncoc1C1CC1)N1CCCC(c2ccn[nH]2)C1. The van der Waals surface area contributed by atoms with Crippen molar-refractivity contribution in [2.24, 2.45) is 0 Å². The van der Waals surface area contributed by atoms with E-state index in [1.807, 2.05) is 11.0 Å². The quantitative estimate of drug-likeness (QED) is 0.939. The number of aromatic amines is 1. The van der Waals surface area contributed by atoms with Gasteiger partial charge < -0.3 is 9.32 Å². The van der Waals surface area contributed by atoms with Crippen LogP contribution in [0.1, 0.15) is 59.5 Å². The molecule has 0 bridgehead atoms. The highest BCUT2D eigenvalue weighted by atomic mass is 16.3. The van der Waals surface area contributed by atoms with Gasteiger partial charge in [0.25, 0.3) is 5.91 Å². The molecule has 6 heteroatoms. The van der Waals surface area contributed by atoms with E-state index in [0.717, 1.165) is 50.2 Å². The standard InChI is InChI=1S/C15H18N4O2/c20-15(13-14(10-3-4-10)21-9-16-13)19-7-1-2-11(8-19)12-5-6-17-18-12/h5-6,9-11H,1-4,7-8H2,(H,17,18). The van der Waals surface area contributed by atoms with E-state index in [9.17, 15) is 4.79 Å². The first-order chi connectivity index (χ1) is 10.3. The lowest BCUT2D eigenvalue weighted by molar-refractivity contribution is 0.0698. The van der Waals surface area contributed by atoms with Gasteiger partial charge in [-0.1, -0.05) is 0 Å². The Balaban J connectivity index is 1.52. The molecule has 1 atom stereocenters. The summed E-state index contributed by atoms with van der Waals surface area (Å²) in [6.07, 6.45) is 7.46. The predicted molar refractivity (Wildman–Crippen MR) is 74.9 cm³/mol.